The molecule has 0 aromatic carbocycles. The zero-order valence-corrected chi connectivity index (χ0v) is 7.60. The number of nitrogens with one attached hydrogen (secondary N) is 1. The van der Waals surface area contributed by atoms with Crippen molar-refractivity contribution < 1.29 is 4.74 Å². The van der Waals surface area contributed by atoms with Crippen LogP contribution in [-0.4, -0.2) is 36.3 Å². The summed E-state index contributed by atoms with van der Waals surface area (Å²) in [6, 6.07) is 1.89. The molecule has 1 aromatic heterocycles. The molecule has 72 valence electrons. The quantitative estimate of drug-likeness (QED) is 0.663. The van der Waals surface area contributed by atoms with Crippen LogP contribution in [0.3, 0.4) is 0 Å². The Balaban J connectivity index is 2.46. The van der Waals surface area contributed by atoms with Gasteiger partial charge in [0.15, 0.2) is 0 Å². The topological polar surface area (TPSA) is 73.1 Å². The van der Waals surface area contributed by atoms with Gasteiger partial charge in [-0.25, -0.2) is 9.97 Å². The Labute approximate surface area is 77.3 Å². The first-order chi connectivity index (χ1) is 6.36. The first kappa shape index (κ1) is 9.88. The number of aromatic nitrogens is 2. The highest BCUT2D eigenvalue weighted by Crippen LogP contribution is 2.00. The van der Waals surface area contributed by atoms with Crippen molar-refractivity contribution in [3.05, 3.63) is 18.6 Å². The second-order valence-corrected chi connectivity index (χ2v) is 2.63. The molecule has 0 aliphatic rings. The fourth-order valence-electron chi connectivity index (χ4n) is 0.955. The lowest BCUT2D eigenvalue weighted by Gasteiger charge is -2.15. The van der Waals surface area contributed by atoms with Crippen LogP contribution < -0.4 is 11.1 Å². The Morgan fingerprint density at radius 2 is 2.54 bits per heavy atom. The molecule has 0 amide bonds. The molecule has 1 heterocycles. The van der Waals surface area contributed by atoms with E-state index in [9.17, 15) is 0 Å². The van der Waals surface area contributed by atoms with Gasteiger partial charge in [-0.3, -0.25) is 0 Å². The van der Waals surface area contributed by atoms with Gasteiger partial charge in [0.25, 0.3) is 0 Å². The number of hydrogen-bond donors (Lipinski definition) is 2. The molecule has 0 aliphatic carbocycles. The van der Waals surface area contributed by atoms with Gasteiger partial charge in [0, 0.05) is 19.9 Å². The second-order valence-electron chi connectivity index (χ2n) is 2.63. The van der Waals surface area contributed by atoms with Gasteiger partial charge in [-0.1, -0.05) is 0 Å². The molecule has 1 atom stereocenters. The predicted octanol–water partition coefficient (Wildman–Crippen LogP) is -0.138. The number of ether oxygens (including phenoxy) is 1. The monoisotopic (exact) mass is 182 g/mol. The zero-order valence-electron chi connectivity index (χ0n) is 7.60. The van der Waals surface area contributed by atoms with Crippen molar-refractivity contribution in [3.63, 3.8) is 0 Å². The van der Waals surface area contributed by atoms with E-state index in [1.165, 1.54) is 6.33 Å². The number of methoxy groups -OCH3 is 1. The summed E-state index contributed by atoms with van der Waals surface area (Å²) in [7, 11) is 1.64. The molecule has 0 bridgehead atoms. The first-order valence-electron chi connectivity index (χ1n) is 4.08. The molecule has 1 aromatic rings. The van der Waals surface area contributed by atoms with Gasteiger partial charge < -0.3 is 15.8 Å². The normalized spacial score (nSPS) is 12.5. The highest BCUT2D eigenvalue weighted by molar-refractivity contribution is 5.33. The van der Waals surface area contributed by atoms with E-state index in [0.717, 1.165) is 5.82 Å². The van der Waals surface area contributed by atoms with Crippen LogP contribution in [0.5, 0.6) is 0 Å². The highest BCUT2D eigenvalue weighted by Gasteiger charge is 2.05. The summed E-state index contributed by atoms with van der Waals surface area (Å²) in [4.78, 5) is 7.83. The van der Waals surface area contributed by atoms with E-state index in [1.54, 1.807) is 19.4 Å². The summed E-state index contributed by atoms with van der Waals surface area (Å²) in [5.74, 6) is 0.766. The van der Waals surface area contributed by atoms with Gasteiger partial charge in [0.2, 0.25) is 0 Å². The van der Waals surface area contributed by atoms with Crippen LogP contribution in [0.2, 0.25) is 0 Å². The number of hydrogen-bond acceptors (Lipinski definition) is 5. The molecule has 13 heavy (non-hydrogen) atoms. The fraction of sp³-hybridized carbons (Fsp3) is 0.500. The number of nitrogens with zero attached hydrogens (tertiary/aromatic N) is 2. The van der Waals surface area contributed by atoms with Crippen molar-refractivity contribution >= 4 is 5.82 Å². The van der Waals surface area contributed by atoms with Crippen LogP contribution in [0, 0.1) is 0 Å². The summed E-state index contributed by atoms with van der Waals surface area (Å²) in [6.45, 7) is 1.08. The summed E-state index contributed by atoms with van der Waals surface area (Å²) in [5.41, 5.74) is 5.52. The average molecular weight is 182 g/mol. The van der Waals surface area contributed by atoms with Crippen molar-refractivity contribution in [1.82, 2.24) is 9.97 Å². The predicted molar refractivity (Wildman–Crippen MR) is 50.4 cm³/mol. The lowest BCUT2D eigenvalue weighted by atomic mass is 10.3. The Morgan fingerprint density at radius 1 is 1.69 bits per heavy atom. The standard InChI is InChI=1S/C8H14N4O/c1-13-5-7(4-9)12-8-2-3-10-6-11-8/h2-3,6-7H,4-5,9H2,1H3,(H,10,11,12). The molecule has 5 heteroatoms. The molecule has 1 unspecified atom stereocenters. The molecule has 0 aliphatic heterocycles. The molecule has 3 N–H and O–H groups in total. The fourth-order valence-corrected chi connectivity index (χ4v) is 0.955. The summed E-state index contributed by atoms with van der Waals surface area (Å²) in [5, 5.41) is 3.13. The summed E-state index contributed by atoms with van der Waals surface area (Å²) in [6.07, 6.45) is 3.17. The molecular formula is C8H14N4O. The van der Waals surface area contributed by atoms with Gasteiger partial charge >= 0.3 is 0 Å². The molecule has 0 radical (unpaired) electrons. The minimum absolute atomic E-state index is 0.0971. The van der Waals surface area contributed by atoms with Crippen molar-refractivity contribution in [2.75, 3.05) is 25.6 Å². The third kappa shape index (κ3) is 3.35. The van der Waals surface area contributed by atoms with Gasteiger partial charge in [-0.2, -0.15) is 0 Å². The Kier molecular flexibility index (Phi) is 4.14. The maximum Gasteiger partial charge on any atom is 0.129 e. The van der Waals surface area contributed by atoms with Crippen LogP contribution in [0.4, 0.5) is 5.82 Å². The smallest absolute Gasteiger partial charge is 0.129 e. The van der Waals surface area contributed by atoms with E-state index in [0.29, 0.717) is 13.2 Å². The highest BCUT2D eigenvalue weighted by atomic mass is 16.5. The van der Waals surface area contributed by atoms with Crippen LogP contribution in [0.1, 0.15) is 0 Å². The lowest BCUT2D eigenvalue weighted by molar-refractivity contribution is 0.187. The van der Waals surface area contributed by atoms with E-state index in [1.807, 2.05) is 0 Å². The number of rotatable bonds is 5. The van der Waals surface area contributed by atoms with Gasteiger partial charge in [0.1, 0.15) is 12.1 Å². The number of nitrogens with two attached hydrogens (primary N) is 1. The maximum absolute atomic E-state index is 5.52. The van der Waals surface area contributed by atoms with Crippen molar-refractivity contribution in [3.8, 4) is 0 Å². The summed E-state index contributed by atoms with van der Waals surface area (Å²) >= 11 is 0. The van der Waals surface area contributed by atoms with Crippen LogP contribution in [-0.2, 0) is 4.74 Å². The largest absolute Gasteiger partial charge is 0.383 e. The third-order valence-electron chi connectivity index (χ3n) is 1.59. The van der Waals surface area contributed by atoms with E-state index >= 15 is 0 Å². The third-order valence-corrected chi connectivity index (χ3v) is 1.59. The summed E-state index contributed by atoms with van der Waals surface area (Å²) < 4.78 is 4.98. The Hall–Kier alpha value is -1.20. The second kappa shape index (κ2) is 5.45. The van der Waals surface area contributed by atoms with Gasteiger partial charge in [-0.15, -0.1) is 0 Å². The maximum atomic E-state index is 5.52. The van der Waals surface area contributed by atoms with E-state index in [-0.39, 0.29) is 6.04 Å². The van der Waals surface area contributed by atoms with E-state index in [4.69, 9.17) is 10.5 Å². The molecule has 0 fully saturated rings. The Morgan fingerprint density at radius 3 is 3.08 bits per heavy atom. The zero-order chi connectivity index (χ0) is 9.52. The SMILES string of the molecule is COCC(CN)Nc1ccncn1. The minimum atomic E-state index is 0.0971. The number of anilines is 1. The van der Waals surface area contributed by atoms with E-state index in [2.05, 4.69) is 15.3 Å². The van der Waals surface area contributed by atoms with Gasteiger partial charge in [0.05, 0.1) is 12.6 Å². The molecule has 0 spiro atoms. The van der Waals surface area contributed by atoms with Gasteiger partial charge in [-0.05, 0) is 6.07 Å². The van der Waals surface area contributed by atoms with E-state index < -0.39 is 0 Å². The Bertz CT molecular complexity index is 229. The van der Waals surface area contributed by atoms with Crippen molar-refractivity contribution in [2.45, 2.75) is 6.04 Å². The molecule has 1 rings (SSSR count). The minimum Gasteiger partial charge on any atom is -0.383 e. The van der Waals surface area contributed by atoms with Crippen LogP contribution >= 0.6 is 0 Å². The molecule has 5 nitrogen and oxygen atoms in total. The van der Waals surface area contributed by atoms with Crippen molar-refractivity contribution in [2.24, 2.45) is 5.73 Å². The molecule has 0 saturated carbocycles. The molecule has 0 saturated heterocycles. The van der Waals surface area contributed by atoms with Crippen molar-refractivity contribution in [1.29, 1.82) is 0 Å². The average Bonchev–Trinajstić information content (AvgIpc) is 2.19. The molecular weight excluding hydrogens is 168 g/mol. The van der Waals surface area contributed by atoms with Crippen LogP contribution in [0.25, 0.3) is 0 Å². The first-order valence-corrected chi connectivity index (χ1v) is 4.08. The van der Waals surface area contributed by atoms with Crippen LogP contribution in [0.15, 0.2) is 18.6 Å². The lowest BCUT2D eigenvalue weighted by Crippen LogP contribution is -2.33.